The Balaban J connectivity index is 0.00000840. The topological polar surface area (TPSA) is 141 Å². The molecule has 6 saturated heterocycles. The Bertz CT molecular complexity index is 1590. The fourth-order valence-corrected chi connectivity index (χ4v) is 15.1. The van der Waals surface area contributed by atoms with Gasteiger partial charge < -0.3 is 11.8 Å². The van der Waals surface area contributed by atoms with Crippen molar-refractivity contribution in [1.29, 1.82) is 0 Å². The van der Waals surface area contributed by atoms with Crippen LogP contribution in [0.15, 0.2) is 0 Å². The molecular formula is C37H63HsN12O6S11-. The second kappa shape index (κ2) is 26.8. The number of hydrogen-bond donors (Lipinski definition) is 7. The molecule has 6 atom stereocenters. The summed E-state index contributed by atoms with van der Waals surface area (Å²) < 4.78 is 0. The van der Waals surface area contributed by atoms with Crippen molar-refractivity contribution in [3.8, 4) is 0 Å². The molecule has 0 aromatic carbocycles. The van der Waals surface area contributed by atoms with Gasteiger partial charge in [0.1, 0.15) is 37.0 Å². The van der Waals surface area contributed by atoms with Gasteiger partial charge in [0, 0.05) is 135 Å². The molecule has 0 N–H and O–H groups in total. The van der Waals surface area contributed by atoms with Crippen molar-refractivity contribution in [2.24, 2.45) is 0 Å². The van der Waals surface area contributed by atoms with E-state index in [-0.39, 0.29) is 36.2 Å². The molecule has 0 radical (unpaired) electrons. The fourth-order valence-electron chi connectivity index (χ4n) is 9.73. The molecule has 18 nitrogen and oxygen atoms in total. The molecule has 6 rings (SSSR count). The first-order valence-electron chi connectivity index (χ1n) is 22.0. The summed E-state index contributed by atoms with van der Waals surface area (Å²) in [5, 5.41) is 0. The molecule has 6 heterocycles. The first-order chi connectivity index (χ1) is 32.0. The molecule has 376 valence electrons. The number of thiol groups is 7. The largest absolute Gasteiger partial charge is 0.342 e. The molecule has 6 unspecified atom stereocenters. The zero-order valence-electron chi connectivity index (χ0n) is 37.4. The predicted octanol–water partition coefficient (Wildman–Crippen LogP) is 3.86. The van der Waals surface area contributed by atoms with Gasteiger partial charge in [-0.15, -0.1) is 0 Å². The molecule has 0 aromatic rings. The summed E-state index contributed by atoms with van der Waals surface area (Å²) in [6, 6.07) is -0.752. The van der Waals surface area contributed by atoms with Crippen LogP contribution in [0, 0.1) is 6.92 Å². The van der Waals surface area contributed by atoms with Crippen LogP contribution < -0.4 is 0 Å². The van der Waals surface area contributed by atoms with E-state index in [1.165, 1.54) is 0 Å². The molecule has 6 fully saturated rings. The number of carbonyl (C=O) groups is 6. The van der Waals surface area contributed by atoms with Crippen LogP contribution in [0.3, 0.4) is 0 Å². The van der Waals surface area contributed by atoms with Crippen LogP contribution >= 0.6 is 132 Å². The van der Waals surface area contributed by atoms with Crippen molar-refractivity contribution < 1.29 is 28.8 Å². The maximum absolute atomic E-state index is 14.1. The number of urea groups is 6. The van der Waals surface area contributed by atoms with Gasteiger partial charge in [-0.2, -0.15) is 94.8 Å². The predicted molar refractivity (Wildman–Crippen MR) is 292 cm³/mol. The van der Waals surface area contributed by atoms with Crippen molar-refractivity contribution in [2.45, 2.75) is 43.4 Å². The zero-order valence-corrected chi connectivity index (χ0v) is 53.5. The number of fused-ring (bicyclic) bond motifs is 3. The molecule has 67 heavy (non-hydrogen) atoms. The number of carbonyl (C=O) groups excluding carboxylic acids is 6. The minimum absolute atomic E-state index is 0. The number of rotatable bonds is 30. The molecule has 30 heteroatoms. The van der Waals surface area contributed by atoms with E-state index in [0.29, 0.717) is 148 Å². The van der Waals surface area contributed by atoms with Crippen molar-refractivity contribution >= 4 is 168 Å². The van der Waals surface area contributed by atoms with Crippen LogP contribution in [0.1, 0.15) is 6.42 Å². The number of hydrogen-bond acceptors (Lipinski definition) is 17. The molecule has 6 aliphatic heterocycles. The average molecular weight is 1390 g/mol. The van der Waals surface area contributed by atoms with E-state index in [0.717, 1.165) is 0 Å². The average Bonchev–Trinajstić information content (AvgIpc) is 4.05. The van der Waals surface area contributed by atoms with E-state index in [9.17, 15) is 28.8 Å². The quantitative estimate of drug-likeness (QED) is 0.0246. The third kappa shape index (κ3) is 11.4. The van der Waals surface area contributed by atoms with Gasteiger partial charge in [0.15, 0.2) is 0 Å². The van der Waals surface area contributed by atoms with Gasteiger partial charge in [-0.3, -0.25) is 53.9 Å². The van der Waals surface area contributed by atoms with Crippen molar-refractivity contribution in [3.63, 3.8) is 0 Å². The van der Waals surface area contributed by atoms with E-state index in [1.54, 1.807) is 102 Å². The Morgan fingerprint density at radius 3 is 0.597 bits per heavy atom. The third-order valence-electron chi connectivity index (χ3n) is 12.2. The van der Waals surface area contributed by atoms with E-state index in [2.05, 4.69) is 95.3 Å². The molecule has 0 saturated carbocycles. The molecule has 0 aromatic heterocycles. The first kappa shape index (κ1) is 56.4. The van der Waals surface area contributed by atoms with Crippen LogP contribution in [0.25, 0.3) is 0 Å². The molecule has 0 aliphatic carbocycles. The summed E-state index contributed by atoms with van der Waals surface area (Å²) in [5.74, 6) is 5.63. The minimum Gasteiger partial charge on any atom is -0.342 e. The van der Waals surface area contributed by atoms with Gasteiger partial charge in [0.25, 0.3) is 0 Å². The van der Waals surface area contributed by atoms with Gasteiger partial charge in [-0.1, -0.05) is 43.2 Å². The van der Waals surface area contributed by atoms with Gasteiger partial charge in [0.05, 0.1) is 0 Å². The van der Waals surface area contributed by atoms with Crippen molar-refractivity contribution in [1.82, 2.24) is 58.8 Å². The summed E-state index contributed by atoms with van der Waals surface area (Å²) in [6.07, 6.45) is -2.12. The summed E-state index contributed by atoms with van der Waals surface area (Å²) >= 11 is 30.9. The molecule has 12 amide bonds. The number of nitrogens with zero attached hydrogens (tertiary/aromatic N) is 12. The van der Waals surface area contributed by atoms with E-state index in [4.69, 9.17) is 0 Å². The molecule has 0 spiro atoms. The van der Waals surface area contributed by atoms with E-state index < -0.39 is 37.0 Å². The Morgan fingerprint density at radius 2 is 0.448 bits per heavy atom. The summed E-state index contributed by atoms with van der Waals surface area (Å²) in [4.78, 5) is 104. The smallest absolute Gasteiger partial charge is 0.323 e. The Hall–Kier alpha value is -1.53. The Kier molecular flexibility index (Phi) is 22.5. The molecule has 6 aliphatic rings. The Labute approximate surface area is 443 Å². The second-order valence-corrected chi connectivity index (χ2v) is 24.2. The zero-order chi connectivity index (χ0) is 47.7. The SMILES string of the molecule is [CH2-]CCN1C(=O)N(CCS)C2C1N(CCS)C(=O)N2CCSSCCN1C(=O)N(CCS)C2C1N(CCSSCCN1C(=O)N(CCS)C3C1N(CCS)C(=O)N3CCS)C(=O)N2CCS.[Hs]. The fraction of sp³-hybridized carbons (Fsp3) is 0.811. The second-order valence-electron chi connectivity index (χ2n) is 15.7. The van der Waals surface area contributed by atoms with Gasteiger partial charge in [0.2, 0.25) is 0 Å². The minimum atomic E-state index is -0.494. The van der Waals surface area contributed by atoms with E-state index >= 15 is 0 Å². The summed E-state index contributed by atoms with van der Waals surface area (Å²) in [5.41, 5.74) is 0. The Morgan fingerprint density at radius 1 is 0.299 bits per heavy atom. The van der Waals surface area contributed by atoms with Gasteiger partial charge in [-0.25, -0.2) is 28.8 Å². The summed E-state index contributed by atoms with van der Waals surface area (Å²) in [7, 11) is 6.43. The maximum Gasteiger partial charge on any atom is 0.323 e. The van der Waals surface area contributed by atoms with Crippen LogP contribution in [0.2, 0.25) is 0 Å². The monoisotopic (exact) mass is 1390 g/mol. The van der Waals surface area contributed by atoms with Crippen LogP contribution in [0.4, 0.5) is 28.8 Å². The van der Waals surface area contributed by atoms with Gasteiger partial charge in [-0.05, 0) is 6.54 Å². The summed E-state index contributed by atoms with van der Waals surface area (Å²) in [6.45, 7) is 8.95. The van der Waals surface area contributed by atoms with E-state index in [1.807, 2.05) is 0 Å². The van der Waals surface area contributed by atoms with Crippen LogP contribution in [-0.2, 0) is 0 Å². The standard InChI is InChI=1S/C37H63N12O6S11.Hs/c1-2-3-38-26-29(44(9-20-61)32(38)50)46(34(52)39(26)4-15-56)11-22-63-65-24-13-48-31-28(42(7-18-59)36(48)54)43(8-19-60)37(55)49(31)14-25-66-64-23-12-47-30-27(41(6-17-58)35(47)53)40(5-16-57)33(51)45(30)10-21-62;/h26-31,56-62H,1-25H2;/q-1;. The molecule has 0 bridgehead atoms. The first-order valence-corrected chi connectivity index (χ1v) is 31.4. The van der Waals surface area contributed by atoms with Gasteiger partial charge >= 0.3 is 36.2 Å². The number of amides is 12. The third-order valence-corrected chi connectivity index (χ3v) is 18.3. The van der Waals surface area contributed by atoms with Crippen molar-refractivity contribution in [3.05, 3.63) is 6.92 Å². The maximum atomic E-state index is 14.1. The van der Waals surface area contributed by atoms with Crippen LogP contribution in [-0.4, -0.2) is 274 Å². The van der Waals surface area contributed by atoms with Crippen molar-refractivity contribution in [2.75, 3.05) is 142 Å². The molecular weight excluding hydrogens is 1330 g/mol. The normalized spacial score (nSPS) is 24.9. The van der Waals surface area contributed by atoms with Crippen LogP contribution in [0.5, 0.6) is 0 Å².